The van der Waals surface area contributed by atoms with Gasteiger partial charge in [-0.2, -0.15) is 0 Å². The Hall–Kier alpha value is -3.43. The average molecular weight is 479 g/mol. The van der Waals surface area contributed by atoms with Gasteiger partial charge in [0.1, 0.15) is 5.82 Å². The number of aromatic nitrogens is 3. The summed E-state index contributed by atoms with van der Waals surface area (Å²) in [6, 6.07) is 11.8. The Morgan fingerprint density at radius 2 is 1.94 bits per heavy atom. The molecular formula is C25H23FN4O3S. The van der Waals surface area contributed by atoms with E-state index in [0.29, 0.717) is 46.1 Å². The normalized spacial score (nSPS) is 16.8. The summed E-state index contributed by atoms with van der Waals surface area (Å²) >= 11 is 0. The number of hydrogen-bond donors (Lipinski definition) is 0. The number of halogens is 1. The van der Waals surface area contributed by atoms with Gasteiger partial charge in [-0.15, -0.1) is 0 Å². The van der Waals surface area contributed by atoms with Crippen LogP contribution >= 0.6 is 0 Å². The highest BCUT2D eigenvalue weighted by Gasteiger charge is 2.27. The molecule has 1 fully saturated rings. The maximum atomic E-state index is 14.2. The molecule has 0 saturated carbocycles. The maximum absolute atomic E-state index is 14.2. The third-order valence-electron chi connectivity index (χ3n) is 6.13. The van der Waals surface area contributed by atoms with Crippen molar-refractivity contribution in [3.63, 3.8) is 0 Å². The first-order valence-corrected chi connectivity index (χ1v) is 12.4. The summed E-state index contributed by atoms with van der Waals surface area (Å²) in [7, 11) is 0.397. The van der Waals surface area contributed by atoms with Crippen LogP contribution in [0.2, 0.25) is 0 Å². The molecule has 0 N–H and O–H groups in total. The number of likely N-dealkylation sites (tertiary alicyclic amines) is 1. The molecule has 1 aliphatic heterocycles. The highest BCUT2D eigenvalue weighted by Crippen LogP contribution is 2.29. The van der Waals surface area contributed by atoms with Crippen LogP contribution < -0.4 is 0 Å². The van der Waals surface area contributed by atoms with Gasteiger partial charge in [-0.3, -0.25) is 13.6 Å². The molecule has 174 valence electrons. The molecule has 0 radical (unpaired) electrons. The SMILES string of the molecule is CO[C@H]1CCN(C(=O)c2ccc3c(S(C)=O)cn(-c4ncc(-c5ccccc5F)cn4)c3c2)C1. The van der Waals surface area contributed by atoms with Crippen molar-refractivity contribution in [1.82, 2.24) is 19.4 Å². The number of carbonyl (C=O) groups is 1. The summed E-state index contributed by atoms with van der Waals surface area (Å²) in [5.41, 5.74) is 2.17. The Morgan fingerprint density at radius 3 is 2.62 bits per heavy atom. The molecule has 1 saturated heterocycles. The maximum Gasteiger partial charge on any atom is 0.254 e. The van der Waals surface area contributed by atoms with Gasteiger partial charge in [0.05, 0.1) is 27.3 Å². The van der Waals surface area contributed by atoms with E-state index in [9.17, 15) is 13.4 Å². The Morgan fingerprint density at radius 1 is 1.18 bits per heavy atom. The molecule has 34 heavy (non-hydrogen) atoms. The van der Waals surface area contributed by atoms with E-state index in [1.54, 1.807) is 71.8 Å². The van der Waals surface area contributed by atoms with Crippen LogP contribution in [0, 0.1) is 5.82 Å². The molecule has 2 aromatic heterocycles. The van der Waals surface area contributed by atoms with Gasteiger partial charge < -0.3 is 9.64 Å². The molecule has 0 aliphatic carbocycles. The van der Waals surface area contributed by atoms with E-state index in [4.69, 9.17) is 4.74 Å². The number of amides is 1. The van der Waals surface area contributed by atoms with E-state index in [1.807, 2.05) is 6.07 Å². The van der Waals surface area contributed by atoms with Gasteiger partial charge in [0.25, 0.3) is 5.91 Å². The molecule has 7 nitrogen and oxygen atoms in total. The lowest BCUT2D eigenvalue weighted by Crippen LogP contribution is -2.29. The minimum atomic E-state index is -1.26. The highest BCUT2D eigenvalue weighted by atomic mass is 32.2. The summed E-state index contributed by atoms with van der Waals surface area (Å²) in [6.45, 7) is 1.19. The highest BCUT2D eigenvalue weighted by molar-refractivity contribution is 7.84. The molecule has 3 heterocycles. The topological polar surface area (TPSA) is 77.3 Å². The first kappa shape index (κ1) is 22.4. The molecule has 1 amide bonds. The lowest BCUT2D eigenvalue weighted by atomic mass is 10.1. The predicted octanol–water partition coefficient (Wildman–Crippen LogP) is 3.82. The summed E-state index contributed by atoms with van der Waals surface area (Å²) in [4.78, 5) is 24.4. The fourth-order valence-corrected chi connectivity index (χ4v) is 5.03. The number of benzene rings is 2. The third kappa shape index (κ3) is 4.01. The Balaban J connectivity index is 1.55. The Kier molecular flexibility index (Phi) is 5.97. The summed E-state index contributed by atoms with van der Waals surface area (Å²) < 4.78 is 33.7. The van der Waals surface area contributed by atoms with Crippen molar-refractivity contribution >= 4 is 27.6 Å². The van der Waals surface area contributed by atoms with E-state index < -0.39 is 10.8 Å². The van der Waals surface area contributed by atoms with Gasteiger partial charge in [0, 0.05) is 67.1 Å². The van der Waals surface area contributed by atoms with Crippen LogP contribution in [-0.2, 0) is 15.5 Å². The van der Waals surface area contributed by atoms with Crippen molar-refractivity contribution in [2.75, 3.05) is 26.5 Å². The van der Waals surface area contributed by atoms with Crippen LogP contribution in [0.3, 0.4) is 0 Å². The lowest BCUT2D eigenvalue weighted by molar-refractivity contribution is 0.0724. The number of methoxy groups -OCH3 is 1. The fourth-order valence-electron chi connectivity index (χ4n) is 4.29. The molecule has 1 unspecified atom stereocenters. The van der Waals surface area contributed by atoms with Crippen molar-refractivity contribution in [3.8, 4) is 17.1 Å². The molecule has 5 rings (SSSR count). The minimum absolute atomic E-state index is 0.0482. The lowest BCUT2D eigenvalue weighted by Gasteiger charge is -2.16. The van der Waals surface area contributed by atoms with Crippen LogP contribution in [-0.4, -0.2) is 62.1 Å². The van der Waals surface area contributed by atoms with Crippen molar-refractivity contribution in [1.29, 1.82) is 0 Å². The number of ether oxygens (including phenoxy) is 1. The zero-order valence-electron chi connectivity index (χ0n) is 18.8. The second-order valence-corrected chi connectivity index (χ2v) is 9.55. The van der Waals surface area contributed by atoms with E-state index in [2.05, 4.69) is 9.97 Å². The summed E-state index contributed by atoms with van der Waals surface area (Å²) in [5, 5.41) is 0.760. The number of rotatable bonds is 5. The Labute approximate surface area is 198 Å². The van der Waals surface area contributed by atoms with E-state index in [1.165, 1.54) is 6.07 Å². The van der Waals surface area contributed by atoms with Gasteiger partial charge in [0.2, 0.25) is 5.95 Å². The van der Waals surface area contributed by atoms with E-state index >= 15 is 0 Å². The van der Waals surface area contributed by atoms with Crippen molar-refractivity contribution in [2.24, 2.45) is 0 Å². The molecule has 4 aromatic rings. The van der Waals surface area contributed by atoms with Gasteiger partial charge >= 0.3 is 0 Å². The van der Waals surface area contributed by atoms with Gasteiger partial charge in [-0.25, -0.2) is 14.4 Å². The molecular weight excluding hydrogens is 455 g/mol. The molecule has 2 atom stereocenters. The van der Waals surface area contributed by atoms with E-state index in [0.717, 1.165) is 11.8 Å². The molecule has 9 heteroatoms. The van der Waals surface area contributed by atoms with Crippen molar-refractivity contribution < 1.29 is 18.1 Å². The van der Waals surface area contributed by atoms with Gasteiger partial charge in [-0.1, -0.05) is 24.3 Å². The quantitative estimate of drug-likeness (QED) is 0.436. The van der Waals surface area contributed by atoms with Crippen molar-refractivity contribution in [3.05, 3.63) is 72.4 Å². The van der Waals surface area contributed by atoms with Crippen LogP contribution in [0.5, 0.6) is 0 Å². The number of nitrogens with zero attached hydrogens (tertiary/aromatic N) is 4. The largest absolute Gasteiger partial charge is 0.380 e. The van der Waals surface area contributed by atoms with Gasteiger partial charge in [0.15, 0.2) is 0 Å². The van der Waals surface area contributed by atoms with Gasteiger partial charge in [-0.05, 0) is 24.6 Å². The Bertz CT molecular complexity index is 1400. The first-order chi connectivity index (χ1) is 16.5. The second kappa shape index (κ2) is 9.08. The minimum Gasteiger partial charge on any atom is -0.380 e. The van der Waals surface area contributed by atoms with E-state index in [-0.39, 0.29) is 17.8 Å². The zero-order chi connectivity index (χ0) is 23.8. The molecule has 0 bridgehead atoms. The summed E-state index contributed by atoms with van der Waals surface area (Å²) in [6.07, 6.45) is 7.30. The third-order valence-corrected chi connectivity index (χ3v) is 7.07. The number of carbonyl (C=O) groups excluding carboxylic acids is 1. The predicted molar refractivity (Wildman–Crippen MR) is 128 cm³/mol. The number of hydrogen-bond acceptors (Lipinski definition) is 5. The second-order valence-electron chi connectivity index (χ2n) is 8.20. The number of fused-ring (bicyclic) bond motifs is 1. The smallest absolute Gasteiger partial charge is 0.254 e. The van der Waals surface area contributed by atoms with Crippen molar-refractivity contribution in [2.45, 2.75) is 17.4 Å². The zero-order valence-corrected chi connectivity index (χ0v) is 19.6. The summed E-state index contributed by atoms with van der Waals surface area (Å²) in [5.74, 6) is -0.0918. The molecule has 2 aromatic carbocycles. The first-order valence-electron chi connectivity index (χ1n) is 10.8. The molecule has 0 spiro atoms. The van der Waals surface area contributed by atoms with Crippen LogP contribution in [0.25, 0.3) is 28.0 Å². The fraction of sp³-hybridized carbons (Fsp3) is 0.240. The monoisotopic (exact) mass is 478 g/mol. The van der Waals surface area contributed by atoms with Crippen LogP contribution in [0.4, 0.5) is 4.39 Å². The average Bonchev–Trinajstić information content (AvgIpc) is 3.49. The standard InChI is InChI=1S/C25H23FN4O3S/c1-33-18-9-10-29(14-18)24(31)16-7-8-20-22(11-16)30(15-23(20)34(2)32)25-27-12-17(13-28-25)19-5-3-4-6-21(19)26/h3-8,11-13,15,18H,9-10,14H2,1-2H3/t18-,34?/m0/s1. The van der Waals surface area contributed by atoms with Crippen LogP contribution in [0.1, 0.15) is 16.8 Å². The molecule has 1 aliphatic rings. The van der Waals surface area contributed by atoms with Crippen LogP contribution in [0.15, 0.2) is 66.0 Å².